The lowest BCUT2D eigenvalue weighted by Gasteiger charge is -2.23. The molecular weight excluding hydrogens is 252 g/mol. The molecule has 0 amide bonds. The summed E-state index contributed by atoms with van der Waals surface area (Å²) in [5.74, 6) is 0.448. The van der Waals surface area contributed by atoms with Gasteiger partial charge in [0.05, 0.1) is 6.10 Å². The highest BCUT2D eigenvalue weighted by atomic mass is 16.6. The summed E-state index contributed by atoms with van der Waals surface area (Å²) < 4.78 is 5.87. The number of para-hydroxylation sites is 2. The molecule has 104 valence electrons. The highest BCUT2D eigenvalue weighted by molar-refractivity contribution is 5.47. The van der Waals surface area contributed by atoms with E-state index < -0.39 is 5.60 Å². The van der Waals surface area contributed by atoms with Gasteiger partial charge in [-0.1, -0.05) is 43.3 Å². The van der Waals surface area contributed by atoms with E-state index in [1.54, 1.807) is 24.3 Å². The molecule has 0 aromatic heterocycles. The first kappa shape index (κ1) is 13.0. The molecule has 0 saturated carbocycles. The fourth-order valence-electron chi connectivity index (χ4n) is 3.12. The summed E-state index contributed by atoms with van der Waals surface area (Å²) in [5.41, 5.74) is 1.05. The van der Waals surface area contributed by atoms with Crippen molar-refractivity contribution in [3.05, 3.63) is 59.7 Å². The number of hydrogen-bond donors (Lipinski definition) is 2. The van der Waals surface area contributed by atoms with Gasteiger partial charge in [-0.15, -0.1) is 0 Å². The lowest BCUT2D eigenvalue weighted by atomic mass is 9.79. The maximum absolute atomic E-state index is 10.1. The van der Waals surface area contributed by atoms with Crippen molar-refractivity contribution in [1.29, 1.82) is 0 Å². The molecule has 2 aromatic carbocycles. The van der Waals surface area contributed by atoms with Gasteiger partial charge in [-0.05, 0) is 19.1 Å². The minimum atomic E-state index is -0.565. The first-order valence-electron chi connectivity index (χ1n) is 6.81. The number of rotatable bonds is 3. The average molecular weight is 270 g/mol. The largest absolute Gasteiger partial charge is 0.508 e. The molecule has 0 spiro atoms. The minimum Gasteiger partial charge on any atom is -0.508 e. The van der Waals surface area contributed by atoms with Gasteiger partial charge in [-0.3, -0.25) is 0 Å². The van der Waals surface area contributed by atoms with E-state index in [1.165, 1.54) is 0 Å². The first-order chi connectivity index (χ1) is 9.57. The Kier molecular flexibility index (Phi) is 2.94. The average Bonchev–Trinajstić information content (AvgIpc) is 3.12. The predicted molar refractivity (Wildman–Crippen MR) is 76.9 cm³/mol. The number of phenolic OH excluding ortho intramolecular Hbond substituents is 2. The van der Waals surface area contributed by atoms with Crippen LogP contribution in [0.5, 0.6) is 11.5 Å². The zero-order valence-electron chi connectivity index (χ0n) is 11.6. The normalized spacial score (nSPS) is 26.2. The van der Waals surface area contributed by atoms with Crippen molar-refractivity contribution >= 4 is 0 Å². The number of hydrogen-bond acceptors (Lipinski definition) is 3. The van der Waals surface area contributed by atoms with Crippen molar-refractivity contribution in [2.75, 3.05) is 0 Å². The molecule has 2 aromatic rings. The Morgan fingerprint density at radius 1 is 1.00 bits per heavy atom. The number of benzene rings is 2. The topological polar surface area (TPSA) is 53.0 Å². The zero-order valence-corrected chi connectivity index (χ0v) is 11.6. The van der Waals surface area contributed by atoms with Crippen molar-refractivity contribution < 1.29 is 14.9 Å². The van der Waals surface area contributed by atoms with E-state index in [0.29, 0.717) is 0 Å². The third kappa shape index (κ3) is 1.78. The second-order valence-electron chi connectivity index (χ2n) is 5.35. The van der Waals surface area contributed by atoms with E-state index in [0.717, 1.165) is 11.1 Å². The lowest BCUT2D eigenvalue weighted by molar-refractivity contribution is 0.259. The van der Waals surface area contributed by atoms with Crippen LogP contribution in [-0.4, -0.2) is 16.3 Å². The van der Waals surface area contributed by atoms with Crippen molar-refractivity contribution in [3.8, 4) is 11.5 Å². The van der Waals surface area contributed by atoms with Crippen LogP contribution in [0.1, 0.15) is 30.9 Å². The van der Waals surface area contributed by atoms with Gasteiger partial charge >= 0.3 is 0 Å². The van der Waals surface area contributed by atoms with Crippen LogP contribution >= 0.6 is 0 Å². The molecular formula is C17H18O3. The van der Waals surface area contributed by atoms with Crippen molar-refractivity contribution in [2.45, 2.75) is 31.5 Å². The summed E-state index contributed by atoms with van der Waals surface area (Å²) in [6, 6.07) is 14.5. The first-order valence-corrected chi connectivity index (χ1v) is 6.81. The van der Waals surface area contributed by atoms with Gasteiger partial charge in [0.2, 0.25) is 0 Å². The predicted octanol–water partition coefficient (Wildman–Crippen LogP) is 3.52. The van der Waals surface area contributed by atoms with Crippen LogP contribution in [0.4, 0.5) is 0 Å². The Balaban J connectivity index is 2.07. The van der Waals surface area contributed by atoms with E-state index >= 15 is 0 Å². The minimum absolute atomic E-state index is 0.00501. The lowest BCUT2D eigenvalue weighted by Crippen LogP contribution is -2.20. The van der Waals surface area contributed by atoms with Gasteiger partial charge in [0.25, 0.3) is 0 Å². The second kappa shape index (κ2) is 4.53. The molecule has 0 radical (unpaired) electrons. The maximum atomic E-state index is 10.1. The molecule has 3 rings (SSSR count). The van der Waals surface area contributed by atoms with Crippen LogP contribution in [0.25, 0.3) is 0 Å². The Bertz CT molecular complexity index is 638. The zero-order chi connectivity index (χ0) is 14.3. The Hall–Kier alpha value is -2.00. The van der Waals surface area contributed by atoms with Crippen LogP contribution in [-0.2, 0) is 10.3 Å². The summed E-state index contributed by atoms with van der Waals surface area (Å²) in [7, 11) is 0. The summed E-state index contributed by atoms with van der Waals surface area (Å²) in [5, 5.41) is 20.2. The molecule has 20 heavy (non-hydrogen) atoms. The molecule has 2 N–H and O–H groups in total. The third-order valence-electron chi connectivity index (χ3n) is 4.29. The molecule has 1 saturated heterocycles. The summed E-state index contributed by atoms with van der Waals surface area (Å²) in [6.07, 6.45) is 0.00501. The van der Waals surface area contributed by atoms with Crippen LogP contribution in [0.2, 0.25) is 0 Å². The van der Waals surface area contributed by atoms with E-state index in [1.807, 2.05) is 38.1 Å². The van der Waals surface area contributed by atoms with Gasteiger partial charge in [0.15, 0.2) is 0 Å². The number of ether oxygens (including phenoxy) is 1. The molecule has 1 heterocycles. The van der Waals surface area contributed by atoms with Crippen molar-refractivity contribution in [2.24, 2.45) is 0 Å². The van der Waals surface area contributed by atoms with Gasteiger partial charge in [-0.25, -0.2) is 0 Å². The molecule has 0 aliphatic carbocycles. The van der Waals surface area contributed by atoms with Crippen LogP contribution in [0.3, 0.4) is 0 Å². The van der Waals surface area contributed by atoms with Gasteiger partial charge in [0, 0.05) is 17.0 Å². The Morgan fingerprint density at radius 2 is 1.55 bits per heavy atom. The monoisotopic (exact) mass is 270 g/mol. The number of aromatic hydroxyl groups is 2. The molecule has 3 atom stereocenters. The highest BCUT2D eigenvalue weighted by Gasteiger charge is 2.60. The fourth-order valence-corrected chi connectivity index (χ4v) is 3.12. The molecule has 3 heteroatoms. The molecule has 1 aliphatic heterocycles. The molecule has 0 bridgehead atoms. The standard InChI is InChI=1S/C17H18O3/c1-11(13-7-3-5-9-15(13)18)17(12(2)20-17)14-8-4-6-10-16(14)19/h3-12,18-19H,1-2H3. The molecule has 1 aliphatic rings. The van der Waals surface area contributed by atoms with Gasteiger partial charge < -0.3 is 14.9 Å². The Labute approximate surface area is 118 Å². The summed E-state index contributed by atoms with van der Waals surface area (Å²) in [6.45, 7) is 4.01. The van der Waals surface area contributed by atoms with Crippen molar-refractivity contribution in [1.82, 2.24) is 0 Å². The SMILES string of the molecule is CC1OC1(c1ccccc1O)C(C)c1ccccc1O. The van der Waals surface area contributed by atoms with E-state index in [9.17, 15) is 10.2 Å². The number of phenols is 2. The summed E-state index contributed by atoms with van der Waals surface area (Å²) in [4.78, 5) is 0. The van der Waals surface area contributed by atoms with Gasteiger partial charge in [0.1, 0.15) is 17.1 Å². The molecule has 3 nitrogen and oxygen atoms in total. The van der Waals surface area contributed by atoms with E-state index in [-0.39, 0.29) is 23.5 Å². The smallest absolute Gasteiger partial charge is 0.130 e. The Morgan fingerprint density at radius 3 is 2.10 bits per heavy atom. The maximum Gasteiger partial charge on any atom is 0.130 e. The third-order valence-corrected chi connectivity index (χ3v) is 4.29. The number of epoxide rings is 1. The molecule has 1 fully saturated rings. The quantitative estimate of drug-likeness (QED) is 0.839. The fraction of sp³-hybridized carbons (Fsp3) is 0.294. The second-order valence-corrected chi connectivity index (χ2v) is 5.35. The summed E-state index contributed by atoms with van der Waals surface area (Å²) >= 11 is 0. The van der Waals surface area contributed by atoms with Crippen LogP contribution in [0, 0.1) is 0 Å². The highest BCUT2D eigenvalue weighted by Crippen LogP contribution is 2.58. The van der Waals surface area contributed by atoms with Crippen LogP contribution in [0.15, 0.2) is 48.5 Å². The van der Waals surface area contributed by atoms with Crippen LogP contribution < -0.4 is 0 Å². The molecule has 3 unspecified atom stereocenters. The van der Waals surface area contributed by atoms with E-state index in [4.69, 9.17) is 4.74 Å². The van der Waals surface area contributed by atoms with Crippen molar-refractivity contribution in [3.63, 3.8) is 0 Å². The van der Waals surface area contributed by atoms with E-state index in [2.05, 4.69) is 0 Å². The van der Waals surface area contributed by atoms with Gasteiger partial charge in [-0.2, -0.15) is 0 Å².